The van der Waals surface area contributed by atoms with Crippen LogP contribution in [-0.4, -0.2) is 29.1 Å². The monoisotopic (exact) mass is 326 g/mol. The molecular weight excluding hydrogens is 304 g/mol. The highest BCUT2D eigenvalue weighted by Gasteiger charge is 2.34. The topological polar surface area (TPSA) is 55.6 Å². The first kappa shape index (κ1) is 15.2. The van der Waals surface area contributed by atoms with Crippen molar-refractivity contribution >= 4 is 5.91 Å². The van der Waals surface area contributed by atoms with E-state index in [4.69, 9.17) is 9.26 Å². The van der Waals surface area contributed by atoms with E-state index in [2.05, 4.69) is 17.3 Å². The standard InChI is InChI=1S/C19H22N2O3/c1-2-23-15-9-7-13(8-10-15)17-4-3-11-21(17)19(22)16-12-18(24-20-16)14-5-6-14/h7-10,12,14,17H,2-6,11H2,1H3. The Morgan fingerprint density at radius 1 is 1.29 bits per heavy atom. The maximum atomic E-state index is 12.8. The molecule has 1 aliphatic heterocycles. The Bertz CT molecular complexity index is 718. The van der Waals surface area contributed by atoms with E-state index in [1.54, 1.807) is 0 Å². The zero-order valence-electron chi connectivity index (χ0n) is 13.9. The van der Waals surface area contributed by atoms with Gasteiger partial charge in [0.15, 0.2) is 5.69 Å². The lowest BCUT2D eigenvalue weighted by atomic mass is 10.0. The molecule has 1 aromatic carbocycles. The van der Waals surface area contributed by atoms with Crippen LogP contribution in [0.25, 0.3) is 0 Å². The summed E-state index contributed by atoms with van der Waals surface area (Å²) in [7, 11) is 0. The van der Waals surface area contributed by atoms with E-state index in [0.717, 1.165) is 49.3 Å². The van der Waals surface area contributed by atoms with Crippen molar-refractivity contribution in [3.8, 4) is 5.75 Å². The Morgan fingerprint density at radius 2 is 2.08 bits per heavy atom. The van der Waals surface area contributed by atoms with Crippen molar-refractivity contribution in [1.29, 1.82) is 0 Å². The van der Waals surface area contributed by atoms with Crippen molar-refractivity contribution in [2.75, 3.05) is 13.2 Å². The number of carbonyl (C=O) groups is 1. The van der Waals surface area contributed by atoms with Gasteiger partial charge in [-0.3, -0.25) is 4.79 Å². The highest BCUT2D eigenvalue weighted by atomic mass is 16.5. The largest absolute Gasteiger partial charge is 0.494 e. The quantitative estimate of drug-likeness (QED) is 0.835. The number of benzene rings is 1. The Hall–Kier alpha value is -2.30. The zero-order chi connectivity index (χ0) is 16.5. The number of amides is 1. The van der Waals surface area contributed by atoms with Crippen LogP contribution in [0.1, 0.15) is 66.4 Å². The first-order valence-electron chi connectivity index (χ1n) is 8.76. The molecule has 1 saturated heterocycles. The normalized spacial score (nSPS) is 20.4. The van der Waals surface area contributed by atoms with Crippen molar-refractivity contribution in [1.82, 2.24) is 10.1 Å². The lowest BCUT2D eigenvalue weighted by molar-refractivity contribution is 0.0725. The van der Waals surface area contributed by atoms with E-state index in [-0.39, 0.29) is 11.9 Å². The second kappa shape index (κ2) is 6.30. The molecule has 1 aliphatic carbocycles. The maximum Gasteiger partial charge on any atom is 0.276 e. The number of aromatic nitrogens is 1. The van der Waals surface area contributed by atoms with Gasteiger partial charge in [0.25, 0.3) is 5.91 Å². The molecule has 1 aromatic heterocycles. The van der Waals surface area contributed by atoms with Crippen LogP contribution in [-0.2, 0) is 0 Å². The highest BCUT2D eigenvalue weighted by Crippen LogP contribution is 2.40. The van der Waals surface area contributed by atoms with Gasteiger partial charge in [-0.1, -0.05) is 17.3 Å². The fourth-order valence-electron chi connectivity index (χ4n) is 3.41. The predicted molar refractivity (Wildman–Crippen MR) is 89.1 cm³/mol. The van der Waals surface area contributed by atoms with E-state index in [1.165, 1.54) is 0 Å². The minimum absolute atomic E-state index is 0.0259. The lowest BCUT2D eigenvalue weighted by Gasteiger charge is -2.24. The van der Waals surface area contributed by atoms with Crippen molar-refractivity contribution < 1.29 is 14.1 Å². The summed E-state index contributed by atoms with van der Waals surface area (Å²) < 4.78 is 10.8. The highest BCUT2D eigenvalue weighted by molar-refractivity contribution is 5.92. The molecule has 5 nitrogen and oxygen atoms in total. The third kappa shape index (κ3) is 2.90. The molecule has 1 amide bonds. The van der Waals surface area contributed by atoms with Gasteiger partial charge >= 0.3 is 0 Å². The predicted octanol–water partition coefficient (Wildman–Crippen LogP) is 3.93. The second-order valence-electron chi connectivity index (χ2n) is 6.55. The van der Waals surface area contributed by atoms with Gasteiger partial charge < -0.3 is 14.2 Å². The summed E-state index contributed by atoms with van der Waals surface area (Å²) in [6, 6.07) is 9.99. The molecule has 0 radical (unpaired) electrons. The minimum atomic E-state index is -0.0259. The van der Waals surface area contributed by atoms with Crippen molar-refractivity contribution in [3.05, 3.63) is 47.3 Å². The average molecular weight is 326 g/mol. The zero-order valence-corrected chi connectivity index (χ0v) is 13.9. The summed E-state index contributed by atoms with van der Waals surface area (Å²) in [5.41, 5.74) is 1.59. The fourth-order valence-corrected chi connectivity index (χ4v) is 3.41. The van der Waals surface area contributed by atoms with E-state index < -0.39 is 0 Å². The summed E-state index contributed by atoms with van der Waals surface area (Å²) in [5.74, 6) is 2.17. The molecule has 0 spiro atoms. The van der Waals surface area contributed by atoms with Crippen LogP contribution in [0.3, 0.4) is 0 Å². The number of nitrogens with zero attached hydrogens (tertiary/aromatic N) is 2. The molecule has 2 aliphatic rings. The smallest absolute Gasteiger partial charge is 0.276 e. The first-order valence-corrected chi connectivity index (χ1v) is 8.76. The van der Waals surface area contributed by atoms with E-state index in [9.17, 15) is 4.79 Å². The molecule has 0 bridgehead atoms. The van der Waals surface area contributed by atoms with E-state index in [1.807, 2.05) is 30.0 Å². The summed E-state index contributed by atoms with van der Waals surface area (Å²) >= 11 is 0. The van der Waals surface area contributed by atoms with Gasteiger partial charge in [-0.25, -0.2) is 0 Å². The average Bonchev–Trinajstić information content (AvgIpc) is 3.13. The van der Waals surface area contributed by atoms with Crippen LogP contribution in [0.4, 0.5) is 0 Å². The second-order valence-corrected chi connectivity index (χ2v) is 6.55. The Kier molecular flexibility index (Phi) is 4.00. The molecular formula is C19H22N2O3. The molecule has 126 valence electrons. The van der Waals surface area contributed by atoms with Gasteiger partial charge in [-0.15, -0.1) is 0 Å². The summed E-state index contributed by atoms with van der Waals surface area (Å²) in [6.45, 7) is 3.39. The molecule has 24 heavy (non-hydrogen) atoms. The van der Waals surface area contributed by atoms with E-state index >= 15 is 0 Å². The maximum absolute atomic E-state index is 12.8. The van der Waals surface area contributed by atoms with Gasteiger partial charge in [-0.2, -0.15) is 0 Å². The molecule has 0 N–H and O–H groups in total. The molecule has 1 unspecified atom stereocenters. The van der Waals surface area contributed by atoms with Crippen LogP contribution in [0.2, 0.25) is 0 Å². The SMILES string of the molecule is CCOc1ccc(C2CCCN2C(=O)c2cc(C3CC3)on2)cc1. The number of hydrogen-bond donors (Lipinski definition) is 0. The summed E-state index contributed by atoms with van der Waals surface area (Å²) in [5, 5.41) is 4.00. The van der Waals surface area contributed by atoms with Crippen LogP contribution in [0.15, 0.2) is 34.9 Å². The number of likely N-dealkylation sites (tertiary alicyclic amines) is 1. The Labute approximate surface area is 141 Å². The van der Waals surface area contributed by atoms with Crippen molar-refractivity contribution in [3.63, 3.8) is 0 Å². The van der Waals surface area contributed by atoms with Gasteiger partial charge in [0.1, 0.15) is 11.5 Å². The molecule has 1 saturated carbocycles. The number of carbonyl (C=O) groups excluding carboxylic acids is 1. The molecule has 2 aromatic rings. The van der Waals surface area contributed by atoms with Crippen molar-refractivity contribution in [2.45, 2.75) is 44.6 Å². The number of rotatable bonds is 5. The van der Waals surface area contributed by atoms with Crippen molar-refractivity contribution in [2.24, 2.45) is 0 Å². The number of ether oxygens (including phenoxy) is 1. The Morgan fingerprint density at radius 3 is 2.79 bits per heavy atom. The number of hydrogen-bond acceptors (Lipinski definition) is 4. The first-order chi connectivity index (χ1) is 11.8. The van der Waals surface area contributed by atoms with Crippen LogP contribution < -0.4 is 4.74 Å². The molecule has 5 heteroatoms. The molecule has 2 fully saturated rings. The van der Waals surface area contributed by atoms with E-state index in [0.29, 0.717) is 18.2 Å². The Balaban J connectivity index is 1.51. The lowest BCUT2D eigenvalue weighted by Crippen LogP contribution is -2.30. The third-order valence-corrected chi connectivity index (χ3v) is 4.82. The fraction of sp³-hybridized carbons (Fsp3) is 0.474. The molecule has 1 atom stereocenters. The van der Waals surface area contributed by atoms with Crippen LogP contribution in [0, 0.1) is 0 Å². The molecule has 2 heterocycles. The van der Waals surface area contributed by atoms with Crippen LogP contribution >= 0.6 is 0 Å². The summed E-state index contributed by atoms with van der Waals surface area (Å²) in [4.78, 5) is 14.8. The van der Waals surface area contributed by atoms with Gasteiger partial charge in [0.05, 0.1) is 12.6 Å². The van der Waals surface area contributed by atoms with Crippen LogP contribution in [0.5, 0.6) is 5.75 Å². The minimum Gasteiger partial charge on any atom is -0.494 e. The van der Waals surface area contributed by atoms with Gasteiger partial charge in [0, 0.05) is 18.5 Å². The summed E-state index contributed by atoms with van der Waals surface area (Å²) in [6.07, 6.45) is 4.27. The van der Waals surface area contributed by atoms with Gasteiger partial charge in [0.2, 0.25) is 0 Å². The van der Waals surface area contributed by atoms with Gasteiger partial charge in [-0.05, 0) is 50.3 Å². The third-order valence-electron chi connectivity index (χ3n) is 4.82. The molecule has 4 rings (SSSR count).